The van der Waals surface area contributed by atoms with E-state index < -0.39 is 0 Å². The first-order valence-corrected chi connectivity index (χ1v) is 29.3. The number of nitrogens with zero attached hydrogens (tertiary/aromatic N) is 3. The molecular weight excluding hydrogens is 922 g/mol. The Labute approximate surface area is 454 Å². The molecule has 386 valence electrons. The van der Waals surface area contributed by atoms with Gasteiger partial charge in [0.25, 0.3) is 6.71 Å². The highest BCUT2D eigenvalue weighted by Gasteiger charge is 2.51. The molecule has 0 saturated heterocycles. The molecule has 2 bridgehead atoms. The molecule has 6 aromatic carbocycles. The summed E-state index contributed by atoms with van der Waals surface area (Å²) in [6, 6.07) is 45.4. The summed E-state index contributed by atoms with van der Waals surface area (Å²) in [7, 11) is 0. The maximum Gasteiger partial charge on any atom is 0.257 e. The zero-order chi connectivity index (χ0) is 52.4. The van der Waals surface area contributed by atoms with Gasteiger partial charge in [-0.05, 0) is 213 Å². The third kappa shape index (κ3) is 7.21. The molecule has 7 aliphatic rings. The second kappa shape index (κ2) is 16.7. The summed E-state index contributed by atoms with van der Waals surface area (Å²) in [5.74, 6) is 2.24. The van der Waals surface area contributed by atoms with E-state index in [1.165, 1.54) is 129 Å². The van der Waals surface area contributed by atoms with Gasteiger partial charge >= 0.3 is 0 Å². The van der Waals surface area contributed by atoms with Crippen LogP contribution in [-0.4, -0.2) is 12.8 Å². The van der Waals surface area contributed by atoms with Gasteiger partial charge in [0.1, 0.15) is 5.58 Å². The van der Waals surface area contributed by atoms with Crippen molar-refractivity contribution < 1.29 is 4.42 Å². The number of hydrogen-bond acceptors (Lipinski definition) is 4. The highest BCUT2D eigenvalue weighted by Crippen LogP contribution is 2.56. The predicted molar refractivity (Wildman–Crippen MR) is 323 cm³/mol. The van der Waals surface area contributed by atoms with Gasteiger partial charge in [0.15, 0.2) is 5.88 Å². The lowest BCUT2D eigenvalue weighted by Crippen LogP contribution is -2.62. The average molecular weight is 1000 g/mol. The first-order chi connectivity index (χ1) is 36.3. The SMILES string of the molecule is CC1c2cc3c4c(oc3cc2C2(C)CCCC1C2)N(C1C=CC(C(C)(C)C)=CC1)c1cc(N(c2ccccc2)c2ccccc2)cc2c1B4c1cc3c(cc1N2c1ccc2c(c1)C(C)(C)CCC2(C)C)CCCC3(C)C. The lowest BCUT2D eigenvalue weighted by Gasteiger charge is -2.47. The number of aryl methyl sites for hydroxylation is 1. The molecule has 7 aromatic rings. The Bertz CT molecular complexity index is 3550. The number of allylic oxidation sites excluding steroid dienone is 2. The van der Waals surface area contributed by atoms with E-state index in [-0.39, 0.29) is 39.8 Å². The van der Waals surface area contributed by atoms with Gasteiger partial charge in [0.2, 0.25) is 0 Å². The molecule has 0 radical (unpaired) electrons. The second-order valence-corrected chi connectivity index (χ2v) is 27.9. The maximum absolute atomic E-state index is 7.79. The van der Waals surface area contributed by atoms with Gasteiger partial charge in [-0.2, -0.15) is 0 Å². The van der Waals surface area contributed by atoms with Crippen molar-refractivity contribution in [2.75, 3.05) is 14.7 Å². The average Bonchev–Trinajstić information content (AvgIpc) is 3.91. The minimum absolute atomic E-state index is 0.0296. The Hall–Kier alpha value is -6.20. The van der Waals surface area contributed by atoms with Crippen LogP contribution >= 0.6 is 0 Å². The zero-order valence-corrected chi connectivity index (χ0v) is 47.3. The third-order valence-electron chi connectivity index (χ3n) is 20.6. The quantitative estimate of drug-likeness (QED) is 0.160. The van der Waals surface area contributed by atoms with Crippen molar-refractivity contribution in [2.24, 2.45) is 11.3 Å². The number of benzene rings is 6. The van der Waals surface area contributed by atoms with Crippen molar-refractivity contribution in [1.82, 2.24) is 0 Å². The zero-order valence-electron chi connectivity index (χ0n) is 47.3. The summed E-state index contributed by atoms with van der Waals surface area (Å²) in [5.41, 5.74) is 24.5. The van der Waals surface area contributed by atoms with Gasteiger partial charge in [-0.3, -0.25) is 0 Å². The van der Waals surface area contributed by atoms with Crippen LogP contribution in [0.3, 0.4) is 0 Å². The number of anilines is 8. The predicted octanol–water partition coefficient (Wildman–Crippen LogP) is 17.5. The molecule has 3 heterocycles. The summed E-state index contributed by atoms with van der Waals surface area (Å²) >= 11 is 0. The van der Waals surface area contributed by atoms with Crippen molar-refractivity contribution in [3.63, 3.8) is 0 Å². The molecule has 2 aliphatic heterocycles. The molecular formula is C71H78BN3O. The largest absolute Gasteiger partial charge is 0.441 e. The van der Waals surface area contributed by atoms with Crippen LogP contribution in [0.15, 0.2) is 143 Å². The monoisotopic (exact) mass is 1000 g/mol. The van der Waals surface area contributed by atoms with Crippen LogP contribution in [-0.2, 0) is 28.1 Å². The molecule has 5 heteroatoms. The molecule has 1 fully saturated rings. The van der Waals surface area contributed by atoms with Crippen LogP contribution in [0.5, 0.6) is 0 Å². The van der Waals surface area contributed by atoms with Crippen molar-refractivity contribution >= 4 is 79.8 Å². The van der Waals surface area contributed by atoms with Crippen LogP contribution in [0.4, 0.5) is 45.7 Å². The van der Waals surface area contributed by atoms with E-state index >= 15 is 0 Å². The van der Waals surface area contributed by atoms with E-state index in [4.69, 9.17) is 4.42 Å². The van der Waals surface area contributed by atoms with E-state index in [0.29, 0.717) is 11.8 Å². The molecule has 4 unspecified atom stereocenters. The minimum atomic E-state index is -0.0592. The van der Waals surface area contributed by atoms with Crippen LogP contribution in [0, 0.1) is 11.3 Å². The van der Waals surface area contributed by atoms with Gasteiger partial charge in [-0.1, -0.05) is 149 Å². The maximum atomic E-state index is 7.79. The molecule has 0 N–H and O–H groups in total. The van der Waals surface area contributed by atoms with E-state index in [0.717, 1.165) is 41.4 Å². The summed E-state index contributed by atoms with van der Waals surface area (Å²) in [4.78, 5) is 7.89. The highest BCUT2D eigenvalue weighted by atomic mass is 16.4. The van der Waals surface area contributed by atoms with E-state index in [1.54, 1.807) is 5.56 Å². The fourth-order valence-corrected chi connectivity index (χ4v) is 16.1. The van der Waals surface area contributed by atoms with Gasteiger partial charge in [0.05, 0.1) is 11.7 Å². The van der Waals surface area contributed by atoms with E-state index in [9.17, 15) is 0 Å². The molecule has 76 heavy (non-hydrogen) atoms. The van der Waals surface area contributed by atoms with Crippen molar-refractivity contribution in [3.8, 4) is 0 Å². The smallest absolute Gasteiger partial charge is 0.257 e. The van der Waals surface area contributed by atoms with Gasteiger partial charge in [-0.25, -0.2) is 0 Å². The number of rotatable bonds is 5. The number of hydrogen-bond donors (Lipinski definition) is 0. The molecule has 5 aliphatic carbocycles. The standard InChI is InChI=1S/C71H78BN3O/c1-44-46-21-19-33-71(11,43-46)57-42-63-54(40-53(44)57)64-66(76-63)75(50-28-26-47(27-29-50)67(2,3)4)62-39-52(73(48-22-14-12-15-23-48)49-24-16-13-17-25-49)38-61-65(62)72(64)59-41-56-45(20-18-32-68(56,5)6)36-60(59)74(61)51-30-31-55-58(37-51)70(9,10)35-34-69(55,7)8/h12-17,22-28,30-31,36-42,44,46,50H,18-21,29,32-35,43H2,1-11H3. The van der Waals surface area contributed by atoms with E-state index in [2.05, 4.69) is 224 Å². The molecule has 1 saturated carbocycles. The lowest BCUT2D eigenvalue weighted by atomic mass is 9.33. The highest BCUT2D eigenvalue weighted by molar-refractivity contribution is 7.01. The topological polar surface area (TPSA) is 22.9 Å². The van der Waals surface area contributed by atoms with Crippen molar-refractivity contribution in [3.05, 3.63) is 172 Å². The molecule has 1 aromatic heterocycles. The normalized spacial score (nSPS) is 24.2. The Morgan fingerprint density at radius 3 is 2.04 bits per heavy atom. The minimum Gasteiger partial charge on any atom is -0.441 e. The van der Waals surface area contributed by atoms with Gasteiger partial charge < -0.3 is 19.1 Å². The van der Waals surface area contributed by atoms with Crippen LogP contribution < -0.4 is 31.1 Å². The fourth-order valence-electron chi connectivity index (χ4n) is 16.1. The molecule has 0 amide bonds. The van der Waals surface area contributed by atoms with Gasteiger partial charge in [-0.15, -0.1) is 0 Å². The summed E-state index contributed by atoms with van der Waals surface area (Å²) < 4.78 is 7.79. The molecule has 4 atom stereocenters. The number of para-hydroxylation sites is 2. The van der Waals surface area contributed by atoms with Crippen LogP contribution in [0.2, 0.25) is 0 Å². The van der Waals surface area contributed by atoms with Crippen molar-refractivity contribution in [1.29, 1.82) is 0 Å². The third-order valence-corrected chi connectivity index (χ3v) is 20.6. The molecule has 0 spiro atoms. The van der Waals surface area contributed by atoms with Gasteiger partial charge in [0, 0.05) is 45.0 Å². The first-order valence-electron chi connectivity index (χ1n) is 29.3. The molecule has 14 rings (SSSR count). The summed E-state index contributed by atoms with van der Waals surface area (Å²) in [5, 5.41) is 1.30. The van der Waals surface area contributed by atoms with Crippen molar-refractivity contribution in [2.45, 2.75) is 174 Å². The van der Waals surface area contributed by atoms with Crippen LogP contribution in [0.25, 0.3) is 11.0 Å². The number of furan rings is 1. The molecule has 4 nitrogen and oxygen atoms in total. The Morgan fingerprint density at radius 2 is 1.34 bits per heavy atom. The number of fused-ring (bicyclic) bond motifs is 12. The van der Waals surface area contributed by atoms with Crippen LogP contribution in [0.1, 0.15) is 173 Å². The Kier molecular flexibility index (Phi) is 10.6. The fraction of sp³-hybridized carbons (Fsp3) is 0.408. The first kappa shape index (κ1) is 48.2. The Balaban J connectivity index is 1.12. The summed E-state index contributed by atoms with van der Waals surface area (Å²) in [6.07, 6.45) is 19.3. The Morgan fingerprint density at radius 1 is 0.645 bits per heavy atom. The lowest BCUT2D eigenvalue weighted by molar-refractivity contribution is 0.191. The van der Waals surface area contributed by atoms with E-state index in [1.807, 2.05) is 0 Å². The second-order valence-electron chi connectivity index (χ2n) is 27.9. The summed E-state index contributed by atoms with van der Waals surface area (Å²) in [6.45, 7) is 27.0.